The highest BCUT2D eigenvalue weighted by Gasteiger charge is 2.25. The summed E-state index contributed by atoms with van der Waals surface area (Å²) in [5, 5.41) is 9.96. The highest BCUT2D eigenvalue weighted by atomic mass is 35.5. The zero-order chi connectivity index (χ0) is 21.1. The first-order valence-electron chi connectivity index (χ1n) is 9.72. The van der Waals surface area contributed by atoms with Gasteiger partial charge in [-0.15, -0.1) is 0 Å². The minimum absolute atomic E-state index is 0.00638. The first-order valence-corrected chi connectivity index (χ1v) is 10.1. The van der Waals surface area contributed by atoms with Crippen LogP contribution in [0.1, 0.15) is 35.6 Å². The van der Waals surface area contributed by atoms with E-state index in [2.05, 4.69) is 6.08 Å². The van der Waals surface area contributed by atoms with Gasteiger partial charge < -0.3 is 9.84 Å². The van der Waals surface area contributed by atoms with Crippen LogP contribution in [0.15, 0.2) is 78.4 Å². The van der Waals surface area contributed by atoms with Crippen molar-refractivity contribution >= 4 is 34.8 Å². The third kappa shape index (κ3) is 4.32. The Hall–Kier alpha value is -3.30. The SMILES string of the molecule is CC1=C(CC(=O)O)c2ccc(Cl)cc2/C1=C\c1ccc(COc2ccccc2)cc1. The van der Waals surface area contributed by atoms with Crippen molar-refractivity contribution < 1.29 is 14.6 Å². The molecule has 3 aromatic carbocycles. The topological polar surface area (TPSA) is 46.5 Å². The minimum Gasteiger partial charge on any atom is -0.489 e. The standard InChI is InChI=1S/C26H21ClO3/c1-17-23(25-14-20(27)11-12-22(25)24(17)15-26(28)29)13-18-7-9-19(10-8-18)16-30-21-5-3-2-4-6-21/h2-14H,15-16H2,1H3,(H,28,29)/b23-13-. The maximum atomic E-state index is 11.4. The second-order valence-electron chi connectivity index (χ2n) is 7.27. The van der Waals surface area contributed by atoms with Crippen LogP contribution in [-0.4, -0.2) is 11.1 Å². The molecule has 1 aliphatic carbocycles. The first-order chi connectivity index (χ1) is 14.5. The molecule has 0 aliphatic heterocycles. The van der Waals surface area contributed by atoms with Crippen molar-refractivity contribution in [1.29, 1.82) is 0 Å². The van der Waals surface area contributed by atoms with Gasteiger partial charge in [0.15, 0.2) is 0 Å². The van der Waals surface area contributed by atoms with Gasteiger partial charge in [-0.1, -0.05) is 60.1 Å². The molecule has 0 bridgehead atoms. The van der Waals surface area contributed by atoms with E-state index in [0.717, 1.165) is 44.7 Å². The quantitative estimate of drug-likeness (QED) is 0.485. The Morgan fingerprint density at radius 3 is 2.43 bits per heavy atom. The normalized spacial score (nSPS) is 14.1. The minimum atomic E-state index is -0.839. The fourth-order valence-corrected chi connectivity index (χ4v) is 3.87. The lowest BCUT2D eigenvalue weighted by molar-refractivity contribution is -0.135. The van der Waals surface area contributed by atoms with Gasteiger partial charge in [0.1, 0.15) is 12.4 Å². The summed E-state index contributed by atoms with van der Waals surface area (Å²) in [6.07, 6.45) is 2.08. The molecule has 0 fully saturated rings. The molecule has 0 spiro atoms. The van der Waals surface area contributed by atoms with E-state index in [0.29, 0.717) is 11.6 Å². The maximum absolute atomic E-state index is 11.4. The van der Waals surface area contributed by atoms with Gasteiger partial charge in [-0.2, -0.15) is 0 Å². The second-order valence-corrected chi connectivity index (χ2v) is 7.70. The molecule has 150 valence electrons. The molecule has 0 radical (unpaired) electrons. The van der Waals surface area contributed by atoms with Crippen LogP contribution >= 0.6 is 11.6 Å². The number of allylic oxidation sites excluding steroid dienone is 2. The summed E-state index contributed by atoms with van der Waals surface area (Å²) in [6, 6.07) is 23.5. The Balaban J connectivity index is 1.60. The molecule has 3 aromatic rings. The molecule has 0 saturated heterocycles. The van der Waals surface area contributed by atoms with E-state index >= 15 is 0 Å². The van der Waals surface area contributed by atoms with Crippen molar-refractivity contribution in [3.63, 3.8) is 0 Å². The molecule has 0 aromatic heterocycles. The van der Waals surface area contributed by atoms with Crippen LogP contribution in [0.3, 0.4) is 0 Å². The van der Waals surface area contributed by atoms with Gasteiger partial charge in [-0.05, 0) is 76.2 Å². The third-order valence-electron chi connectivity index (χ3n) is 5.22. The Bertz CT molecular complexity index is 1140. The molecule has 1 N–H and O–H groups in total. The average Bonchev–Trinajstić information content (AvgIpc) is 2.99. The van der Waals surface area contributed by atoms with Gasteiger partial charge in [0.2, 0.25) is 0 Å². The van der Waals surface area contributed by atoms with Gasteiger partial charge in [0.05, 0.1) is 6.42 Å². The molecular weight excluding hydrogens is 396 g/mol. The van der Waals surface area contributed by atoms with E-state index in [9.17, 15) is 9.90 Å². The van der Waals surface area contributed by atoms with Gasteiger partial charge in [-0.25, -0.2) is 0 Å². The molecule has 0 heterocycles. The highest BCUT2D eigenvalue weighted by molar-refractivity contribution is 6.31. The Labute approximate surface area is 180 Å². The number of carboxylic acid groups (broad SMARTS) is 1. The van der Waals surface area contributed by atoms with Crippen LogP contribution in [-0.2, 0) is 11.4 Å². The van der Waals surface area contributed by atoms with E-state index in [-0.39, 0.29) is 6.42 Å². The van der Waals surface area contributed by atoms with Gasteiger partial charge in [0, 0.05) is 5.02 Å². The number of hydrogen-bond donors (Lipinski definition) is 1. The fraction of sp³-hybridized carbons (Fsp3) is 0.115. The van der Waals surface area contributed by atoms with Crippen molar-refractivity contribution in [3.05, 3.63) is 106 Å². The second kappa shape index (κ2) is 8.60. The summed E-state index contributed by atoms with van der Waals surface area (Å²) >= 11 is 6.22. The van der Waals surface area contributed by atoms with Crippen LogP contribution in [0.5, 0.6) is 5.75 Å². The predicted molar refractivity (Wildman–Crippen MR) is 121 cm³/mol. The van der Waals surface area contributed by atoms with Gasteiger partial charge in [0.25, 0.3) is 0 Å². The summed E-state index contributed by atoms with van der Waals surface area (Å²) in [7, 11) is 0. The number of ether oxygens (including phenoxy) is 1. The van der Waals surface area contributed by atoms with E-state index in [4.69, 9.17) is 16.3 Å². The summed E-state index contributed by atoms with van der Waals surface area (Å²) in [5.74, 6) is 0.00382. The number of benzene rings is 3. The number of aliphatic carboxylic acids is 1. The van der Waals surface area contributed by atoms with Crippen molar-refractivity contribution in [2.45, 2.75) is 20.0 Å². The maximum Gasteiger partial charge on any atom is 0.307 e. The molecular formula is C26H21ClO3. The molecule has 4 heteroatoms. The molecule has 0 amide bonds. The molecule has 30 heavy (non-hydrogen) atoms. The molecule has 1 aliphatic rings. The number of halogens is 1. The third-order valence-corrected chi connectivity index (χ3v) is 5.46. The summed E-state index contributed by atoms with van der Waals surface area (Å²) in [6.45, 7) is 2.47. The lowest BCUT2D eigenvalue weighted by Gasteiger charge is -2.07. The number of hydrogen-bond acceptors (Lipinski definition) is 2. The number of rotatable bonds is 6. The number of carboxylic acids is 1. The fourth-order valence-electron chi connectivity index (χ4n) is 3.69. The Kier molecular flexibility index (Phi) is 5.73. The molecule has 0 atom stereocenters. The number of carbonyl (C=O) groups is 1. The zero-order valence-corrected chi connectivity index (χ0v) is 17.3. The Morgan fingerprint density at radius 1 is 1.00 bits per heavy atom. The number of para-hydroxylation sites is 1. The van der Waals surface area contributed by atoms with Crippen molar-refractivity contribution in [1.82, 2.24) is 0 Å². The van der Waals surface area contributed by atoms with Crippen LogP contribution in [0.2, 0.25) is 5.02 Å². The lowest BCUT2D eigenvalue weighted by atomic mass is 10.0. The molecule has 0 saturated carbocycles. The van der Waals surface area contributed by atoms with Crippen LogP contribution in [0.25, 0.3) is 17.2 Å². The van der Waals surface area contributed by atoms with Crippen molar-refractivity contribution in [2.75, 3.05) is 0 Å². The van der Waals surface area contributed by atoms with Crippen molar-refractivity contribution in [2.24, 2.45) is 0 Å². The molecule has 4 rings (SSSR count). The van der Waals surface area contributed by atoms with Gasteiger partial charge >= 0.3 is 5.97 Å². The summed E-state index contributed by atoms with van der Waals surface area (Å²) < 4.78 is 5.80. The zero-order valence-electron chi connectivity index (χ0n) is 16.6. The lowest BCUT2D eigenvalue weighted by Crippen LogP contribution is -1.96. The highest BCUT2D eigenvalue weighted by Crippen LogP contribution is 2.44. The monoisotopic (exact) mass is 416 g/mol. The van der Waals surface area contributed by atoms with E-state index in [1.165, 1.54) is 0 Å². The smallest absolute Gasteiger partial charge is 0.307 e. The van der Waals surface area contributed by atoms with Crippen LogP contribution in [0.4, 0.5) is 0 Å². The number of fused-ring (bicyclic) bond motifs is 1. The van der Waals surface area contributed by atoms with E-state index < -0.39 is 5.97 Å². The molecule has 0 unspecified atom stereocenters. The van der Waals surface area contributed by atoms with Crippen LogP contribution < -0.4 is 4.74 Å². The van der Waals surface area contributed by atoms with Crippen LogP contribution in [0, 0.1) is 0 Å². The first kappa shape index (κ1) is 20.0. The van der Waals surface area contributed by atoms with Crippen molar-refractivity contribution in [3.8, 4) is 5.75 Å². The average molecular weight is 417 g/mol. The van der Waals surface area contributed by atoms with Gasteiger partial charge in [-0.3, -0.25) is 4.79 Å². The van der Waals surface area contributed by atoms with E-state index in [1.807, 2.05) is 73.7 Å². The predicted octanol–water partition coefficient (Wildman–Crippen LogP) is 6.72. The summed E-state index contributed by atoms with van der Waals surface area (Å²) in [5.41, 5.74) is 6.87. The molecule has 3 nitrogen and oxygen atoms in total. The summed E-state index contributed by atoms with van der Waals surface area (Å²) in [4.78, 5) is 11.4. The Morgan fingerprint density at radius 2 is 1.73 bits per heavy atom. The van der Waals surface area contributed by atoms with E-state index in [1.54, 1.807) is 6.07 Å². The largest absolute Gasteiger partial charge is 0.489 e.